The third kappa shape index (κ3) is 14.9. The van der Waals surface area contributed by atoms with E-state index in [1.54, 1.807) is 0 Å². The van der Waals surface area contributed by atoms with Crippen LogP contribution in [0.1, 0.15) is 118 Å². The first kappa shape index (κ1) is 23.3. The van der Waals surface area contributed by atoms with E-state index in [4.69, 9.17) is 0 Å². The van der Waals surface area contributed by atoms with E-state index in [9.17, 15) is 0 Å². The third-order valence-corrected chi connectivity index (χ3v) is 5.15. The van der Waals surface area contributed by atoms with Gasteiger partial charge >= 0.3 is 0 Å². The van der Waals surface area contributed by atoms with Crippen molar-refractivity contribution < 1.29 is 0 Å². The van der Waals surface area contributed by atoms with Crippen molar-refractivity contribution in [2.24, 2.45) is 11.8 Å². The lowest BCUT2D eigenvalue weighted by Gasteiger charge is -2.14. The summed E-state index contributed by atoms with van der Waals surface area (Å²) in [4.78, 5) is 0. The van der Waals surface area contributed by atoms with Gasteiger partial charge in [-0.05, 0) is 38.0 Å². The molecule has 0 N–H and O–H groups in total. The molecule has 0 radical (unpaired) electrons. The van der Waals surface area contributed by atoms with Crippen molar-refractivity contribution in [3.63, 3.8) is 0 Å². The van der Waals surface area contributed by atoms with E-state index < -0.39 is 0 Å². The van der Waals surface area contributed by atoms with Crippen LogP contribution in [0.3, 0.4) is 0 Å². The first-order chi connectivity index (χ1) is 11.6. The van der Waals surface area contributed by atoms with Gasteiger partial charge in [0.1, 0.15) is 0 Å². The lowest BCUT2D eigenvalue weighted by atomic mass is 9.92. The second-order valence-corrected chi connectivity index (χ2v) is 7.73. The van der Waals surface area contributed by atoms with Gasteiger partial charge in [-0.15, -0.1) is 5.92 Å². The number of hydrogen-bond acceptors (Lipinski definition) is 0. The summed E-state index contributed by atoms with van der Waals surface area (Å²) >= 11 is 0. The van der Waals surface area contributed by atoms with Crippen LogP contribution in [0.2, 0.25) is 0 Å². The van der Waals surface area contributed by atoms with Crippen LogP contribution in [0.4, 0.5) is 0 Å². The van der Waals surface area contributed by atoms with Gasteiger partial charge in [0.05, 0.1) is 0 Å². The average molecular weight is 333 g/mol. The predicted octanol–water partition coefficient (Wildman–Crippen LogP) is 8.32. The first-order valence-corrected chi connectivity index (χ1v) is 10.7. The highest BCUT2D eigenvalue weighted by molar-refractivity contribution is 5.11. The summed E-state index contributed by atoms with van der Waals surface area (Å²) in [6.07, 6.45) is 19.4. The van der Waals surface area contributed by atoms with E-state index in [-0.39, 0.29) is 0 Å². The summed E-state index contributed by atoms with van der Waals surface area (Å²) in [5.74, 6) is 8.50. The monoisotopic (exact) mass is 332 g/mol. The van der Waals surface area contributed by atoms with Crippen molar-refractivity contribution in [3.05, 3.63) is 11.6 Å². The summed E-state index contributed by atoms with van der Waals surface area (Å²) in [6, 6.07) is 0. The maximum atomic E-state index is 3.37. The minimum absolute atomic E-state index is 0.862. The summed E-state index contributed by atoms with van der Waals surface area (Å²) < 4.78 is 0. The zero-order chi connectivity index (χ0) is 18.0. The molecule has 0 spiro atoms. The second kappa shape index (κ2) is 17.1. The average Bonchev–Trinajstić information content (AvgIpc) is 2.59. The molecular weight excluding hydrogens is 288 g/mol. The lowest BCUT2D eigenvalue weighted by molar-refractivity contribution is 0.424. The molecule has 0 fully saturated rings. The molecule has 0 aliphatic rings. The molecule has 0 rings (SSSR count). The number of hydrogen-bond donors (Lipinski definition) is 0. The van der Waals surface area contributed by atoms with Crippen molar-refractivity contribution in [1.82, 2.24) is 0 Å². The maximum absolute atomic E-state index is 3.37. The largest absolute Gasteiger partial charge is 0.103 e. The Morgan fingerprint density at radius 3 is 2.33 bits per heavy atom. The number of rotatable bonds is 14. The van der Waals surface area contributed by atoms with Crippen molar-refractivity contribution in [2.45, 2.75) is 118 Å². The van der Waals surface area contributed by atoms with Crippen molar-refractivity contribution >= 4 is 0 Å². The van der Waals surface area contributed by atoms with E-state index >= 15 is 0 Å². The smallest absolute Gasteiger partial charge is 0.0296 e. The quantitative estimate of drug-likeness (QED) is 0.170. The normalized spacial score (nSPS) is 14.1. The zero-order valence-electron chi connectivity index (χ0n) is 17.4. The molecule has 0 amide bonds. The Hall–Kier alpha value is -0.700. The van der Waals surface area contributed by atoms with Crippen molar-refractivity contribution in [3.8, 4) is 11.8 Å². The van der Waals surface area contributed by atoms with Gasteiger partial charge in [-0.2, -0.15) is 0 Å². The van der Waals surface area contributed by atoms with Gasteiger partial charge < -0.3 is 0 Å². The SMILES string of the molecule is CCCCCCC(CC=C(C)CC#CCCCC(C)CC)CCC. The number of allylic oxidation sites excluding steroid dienone is 2. The minimum Gasteiger partial charge on any atom is -0.103 e. The highest BCUT2D eigenvalue weighted by Crippen LogP contribution is 2.21. The van der Waals surface area contributed by atoms with E-state index in [1.165, 1.54) is 76.2 Å². The fourth-order valence-corrected chi connectivity index (χ4v) is 3.12. The molecule has 0 aromatic carbocycles. The predicted molar refractivity (Wildman–Crippen MR) is 111 cm³/mol. The van der Waals surface area contributed by atoms with Crippen molar-refractivity contribution in [1.29, 1.82) is 0 Å². The lowest BCUT2D eigenvalue weighted by Crippen LogP contribution is -1.99. The maximum Gasteiger partial charge on any atom is 0.0296 e. The molecule has 0 aromatic rings. The molecule has 0 heteroatoms. The molecule has 0 bridgehead atoms. The van der Waals surface area contributed by atoms with Crippen LogP contribution in [-0.4, -0.2) is 0 Å². The molecule has 0 saturated carbocycles. The standard InChI is InChI=1S/C24H44/c1-6-9-10-15-19-24(16-7-2)21-20-23(5)18-14-12-11-13-17-22(4)8-3/h20,22,24H,6-11,13,15-19,21H2,1-5H3. The molecule has 2 atom stereocenters. The molecular formula is C24H44. The van der Waals surface area contributed by atoms with E-state index in [2.05, 4.69) is 52.5 Å². The Kier molecular flexibility index (Phi) is 16.6. The molecule has 24 heavy (non-hydrogen) atoms. The van der Waals surface area contributed by atoms with Gasteiger partial charge in [0.15, 0.2) is 0 Å². The van der Waals surface area contributed by atoms with Gasteiger partial charge in [-0.1, -0.05) is 96.6 Å². The summed E-state index contributed by atoms with van der Waals surface area (Å²) in [6.45, 7) is 11.5. The fraction of sp³-hybridized carbons (Fsp3) is 0.833. The van der Waals surface area contributed by atoms with Crippen LogP contribution >= 0.6 is 0 Å². The second-order valence-electron chi connectivity index (χ2n) is 7.73. The van der Waals surface area contributed by atoms with Gasteiger partial charge in [0, 0.05) is 12.8 Å². The summed E-state index contributed by atoms with van der Waals surface area (Å²) in [5.41, 5.74) is 1.47. The highest BCUT2D eigenvalue weighted by atomic mass is 14.1. The Labute approximate surface area is 153 Å². The van der Waals surface area contributed by atoms with Crippen molar-refractivity contribution in [2.75, 3.05) is 0 Å². The Morgan fingerprint density at radius 2 is 1.67 bits per heavy atom. The van der Waals surface area contributed by atoms with Crippen LogP contribution < -0.4 is 0 Å². The molecule has 0 nitrogen and oxygen atoms in total. The fourth-order valence-electron chi connectivity index (χ4n) is 3.12. The zero-order valence-corrected chi connectivity index (χ0v) is 17.4. The molecule has 0 aliphatic carbocycles. The molecule has 0 aromatic heterocycles. The minimum atomic E-state index is 0.862. The van der Waals surface area contributed by atoms with E-state index in [1.807, 2.05) is 0 Å². The Bertz CT molecular complexity index is 352. The first-order valence-electron chi connectivity index (χ1n) is 10.7. The van der Waals surface area contributed by atoms with E-state index in [0.717, 1.165) is 24.7 Å². The summed E-state index contributed by atoms with van der Waals surface area (Å²) in [5, 5.41) is 0. The highest BCUT2D eigenvalue weighted by Gasteiger charge is 2.06. The Balaban J connectivity index is 3.98. The van der Waals surface area contributed by atoms with E-state index in [0.29, 0.717) is 0 Å². The number of unbranched alkanes of at least 4 members (excludes halogenated alkanes) is 4. The molecule has 0 saturated heterocycles. The van der Waals surface area contributed by atoms with Gasteiger partial charge in [0.25, 0.3) is 0 Å². The third-order valence-electron chi connectivity index (χ3n) is 5.15. The van der Waals surface area contributed by atoms with Gasteiger partial charge in [-0.25, -0.2) is 0 Å². The van der Waals surface area contributed by atoms with Crippen LogP contribution in [0.15, 0.2) is 11.6 Å². The van der Waals surface area contributed by atoms with Gasteiger partial charge in [0.2, 0.25) is 0 Å². The van der Waals surface area contributed by atoms with Crippen LogP contribution in [-0.2, 0) is 0 Å². The molecule has 140 valence electrons. The Morgan fingerprint density at radius 1 is 0.875 bits per heavy atom. The van der Waals surface area contributed by atoms with Crippen LogP contribution in [0, 0.1) is 23.7 Å². The summed E-state index contributed by atoms with van der Waals surface area (Å²) in [7, 11) is 0. The van der Waals surface area contributed by atoms with Crippen LogP contribution in [0.25, 0.3) is 0 Å². The molecule has 0 aliphatic heterocycles. The molecule has 2 unspecified atom stereocenters. The van der Waals surface area contributed by atoms with Crippen LogP contribution in [0.5, 0.6) is 0 Å². The topological polar surface area (TPSA) is 0 Å². The van der Waals surface area contributed by atoms with Gasteiger partial charge in [-0.3, -0.25) is 0 Å². The molecule has 0 heterocycles.